The molecule has 1 fully saturated rings. The van der Waals surface area contributed by atoms with Gasteiger partial charge in [-0.25, -0.2) is 0 Å². The Labute approximate surface area is 131 Å². The SMILES string of the molecule is CC1OCCC1(CNC(C)(C)C)Cc1ccc(Br)cc1. The lowest BCUT2D eigenvalue weighted by molar-refractivity contribution is 0.0598. The van der Waals surface area contributed by atoms with Gasteiger partial charge in [0.2, 0.25) is 0 Å². The van der Waals surface area contributed by atoms with E-state index in [-0.39, 0.29) is 11.0 Å². The Kier molecular flexibility index (Phi) is 4.93. The highest BCUT2D eigenvalue weighted by molar-refractivity contribution is 9.10. The standard InChI is InChI=1S/C17H26BrNO/c1-13-17(9-10-20-13,12-19-16(2,3)4)11-14-5-7-15(18)8-6-14/h5-8,13,19H,9-12H2,1-4H3. The van der Waals surface area contributed by atoms with E-state index in [1.54, 1.807) is 0 Å². The number of benzene rings is 1. The van der Waals surface area contributed by atoms with Crippen molar-refractivity contribution in [1.29, 1.82) is 0 Å². The molecule has 1 aromatic carbocycles. The summed E-state index contributed by atoms with van der Waals surface area (Å²) in [4.78, 5) is 0. The number of hydrogen-bond donors (Lipinski definition) is 1. The molecule has 0 saturated carbocycles. The molecule has 1 aliphatic rings. The minimum Gasteiger partial charge on any atom is -0.378 e. The third kappa shape index (κ3) is 4.06. The Morgan fingerprint density at radius 2 is 1.95 bits per heavy atom. The van der Waals surface area contributed by atoms with Crippen molar-refractivity contribution in [3.05, 3.63) is 34.3 Å². The fourth-order valence-electron chi connectivity index (χ4n) is 2.80. The van der Waals surface area contributed by atoms with Crippen LogP contribution in [0.4, 0.5) is 0 Å². The van der Waals surface area contributed by atoms with Crippen LogP contribution in [0.25, 0.3) is 0 Å². The van der Waals surface area contributed by atoms with Crippen LogP contribution in [-0.4, -0.2) is 24.8 Å². The molecule has 112 valence electrons. The monoisotopic (exact) mass is 339 g/mol. The molecule has 1 aliphatic heterocycles. The third-order valence-electron chi connectivity index (χ3n) is 4.27. The molecule has 1 heterocycles. The third-order valence-corrected chi connectivity index (χ3v) is 4.80. The molecule has 1 aromatic rings. The number of nitrogens with one attached hydrogen (secondary N) is 1. The van der Waals surface area contributed by atoms with Gasteiger partial charge in [0.15, 0.2) is 0 Å². The molecular weight excluding hydrogens is 314 g/mol. The van der Waals surface area contributed by atoms with Gasteiger partial charge in [0.25, 0.3) is 0 Å². The topological polar surface area (TPSA) is 21.3 Å². The van der Waals surface area contributed by atoms with Crippen molar-refractivity contribution in [3.8, 4) is 0 Å². The Hall–Kier alpha value is -0.380. The predicted molar refractivity (Wildman–Crippen MR) is 88.1 cm³/mol. The normalized spacial score (nSPS) is 26.9. The maximum Gasteiger partial charge on any atom is 0.0619 e. The van der Waals surface area contributed by atoms with E-state index in [0.717, 1.165) is 30.5 Å². The van der Waals surface area contributed by atoms with E-state index < -0.39 is 0 Å². The minimum absolute atomic E-state index is 0.148. The fourth-order valence-corrected chi connectivity index (χ4v) is 3.06. The molecule has 20 heavy (non-hydrogen) atoms. The first-order chi connectivity index (χ1) is 9.31. The van der Waals surface area contributed by atoms with Crippen LogP contribution >= 0.6 is 15.9 Å². The summed E-state index contributed by atoms with van der Waals surface area (Å²) in [6.45, 7) is 10.8. The lowest BCUT2D eigenvalue weighted by atomic mass is 9.75. The Balaban J connectivity index is 2.13. The van der Waals surface area contributed by atoms with Crippen molar-refractivity contribution in [2.24, 2.45) is 5.41 Å². The molecule has 1 saturated heterocycles. The molecule has 2 unspecified atom stereocenters. The Morgan fingerprint density at radius 3 is 2.45 bits per heavy atom. The van der Waals surface area contributed by atoms with Crippen molar-refractivity contribution < 1.29 is 4.74 Å². The average molecular weight is 340 g/mol. The number of halogens is 1. The zero-order chi connectivity index (χ0) is 14.8. The lowest BCUT2D eigenvalue weighted by Crippen LogP contribution is -2.47. The van der Waals surface area contributed by atoms with Gasteiger partial charge in [0.05, 0.1) is 6.10 Å². The van der Waals surface area contributed by atoms with Gasteiger partial charge < -0.3 is 10.1 Å². The number of ether oxygens (including phenoxy) is 1. The zero-order valence-corrected chi connectivity index (χ0v) is 14.6. The summed E-state index contributed by atoms with van der Waals surface area (Å²) in [7, 11) is 0. The van der Waals surface area contributed by atoms with Crippen molar-refractivity contribution in [2.75, 3.05) is 13.2 Å². The van der Waals surface area contributed by atoms with Crippen molar-refractivity contribution in [1.82, 2.24) is 5.32 Å². The van der Waals surface area contributed by atoms with Crippen LogP contribution in [0, 0.1) is 5.41 Å². The summed E-state index contributed by atoms with van der Waals surface area (Å²) in [6, 6.07) is 8.68. The van der Waals surface area contributed by atoms with Gasteiger partial charge in [0.1, 0.15) is 0 Å². The zero-order valence-electron chi connectivity index (χ0n) is 13.0. The van der Waals surface area contributed by atoms with Crippen LogP contribution in [0.5, 0.6) is 0 Å². The van der Waals surface area contributed by atoms with E-state index in [2.05, 4.69) is 73.2 Å². The molecule has 0 radical (unpaired) electrons. The minimum atomic E-state index is 0.148. The van der Waals surface area contributed by atoms with Crippen molar-refractivity contribution >= 4 is 15.9 Å². The summed E-state index contributed by atoms with van der Waals surface area (Å²) in [5.74, 6) is 0. The molecule has 0 aliphatic carbocycles. The molecule has 2 rings (SSSR count). The highest BCUT2D eigenvalue weighted by Gasteiger charge is 2.41. The maximum atomic E-state index is 5.88. The molecule has 2 atom stereocenters. The Morgan fingerprint density at radius 1 is 1.30 bits per heavy atom. The van der Waals surface area contributed by atoms with E-state index in [1.807, 2.05) is 0 Å². The molecule has 0 amide bonds. The molecule has 0 aromatic heterocycles. The quantitative estimate of drug-likeness (QED) is 0.888. The van der Waals surface area contributed by atoms with Gasteiger partial charge in [-0.05, 0) is 58.2 Å². The summed E-state index contributed by atoms with van der Waals surface area (Å²) in [5.41, 5.74) is 1.75. The first-order valence-corrected chi connectivity index (χ1v) is 8.21. The highest BCUT2D eigenvalue weighted by atomic mass is 79.9. The first-order valence-electron chi connectivity index (χ1n) is 7.42. The molecule has 0 spiro atoms. The van der Waals surface area contributed by atoms with E-state index in [9.17, 15) is 0 Å². The predicted octanol–water partition coefficient (Wildman–Crippen LogP) is 4.17. The van der Waals surface area contributed by atoms with Gasteiger partial charge in [-0.1, -0.05) is 28.1 Å². The van der Waals surface area contributed by atoms with Gasteiger partial charge in [-0.2, -0.15) is 0 Å². The fraction of sp³-hybridized carbons (Fsp3) is 0.647. The second kappa shape index (κ2) is 6.17. The molecular formula is C17H26BrNO. The Bertz CT molecular complexity index is 437. The van der Waals surface area contributed by atoms with Crippen LogP contribution in [0.15, 0.2) is 28.7 Å². The summed E-state index contributed by atoms with van der Waals surface area (Å²) in [5, 5.41) is 3.68. The van der Waals surface area contributed by atoms with Crippen molar-refractivity contribution in [3.63, 3.8) is 0 Å². The van der Waals surface area contributed by atoms with E-state index >= 15 is 0 Å². The van der Waals surface area contributed by atoms with Crippen LogP contribution in [-0.2, 0) is 11.2 Å². The largest absolute Gasteiger partial charge is 0.378 e. The first kappa shape index (κ1) is 16.0. The maximum absolute atomic E-state index is 5.88. The molecule has 1 N–H and O–H groups in total. The van der Waals surface area contributed by atoms with Crippen LogP contribution < -0.4 is 5.32 Å². The summed E-state index contributed by atoms with van der Waals surface area (Å²) in [6.07, 6.45) is 2.51. The highest BCUT2D eigenvalue weighted by Crippen LogP contribution is 2.38. The molecule has 3 heteroatoms. The van der Waals surface area contributed by atoms with Crippen molar-refractivity contribution in [2.45, 2.75) is 52.2 Å². The van der Waals surface area contributed by atoms with Gasteiger partial charge in [-0.15, -0.1) is 0 Å². The van der Waals surface area contributed by atoms with Crippen LogP contribution in [0.1, 0.15) is 39.7 Å². The van der Waals surface area contributed by atoms with Gasteiger partial charge in [-0.3, -0.25) is 0 Å². The summed E-state index contributed by atoms with van der Waals surface area (Å²) >= 11 is 3.50. The van der Waals surface area contributed by atoms with Crippen LogP contribution in [0.3, 0.4) is 0 Å². The van der Waals surface area contributed by atoms with Gasteiger partial charge >= 0.3 is 0 Å². The lowest BCUT2D eigenvalue weighted by Gasteiger charge is -2.36. The second-order valence-electron chi connectivity index (χ2n) is 7.03. The average Bonchev–Trinajstić information content (AvgIpc) is 2.71. The summed E-state index contributed by atoms with van der Waals surface area (Å²) < 4.78 is 7.02. The van der Waals surface area contributed by atoms with E-state index in [0.29, 0.717) is 6.10 Å². The smallest absolute Gasteiger partial charge is 0.0619 e. The molecule has 2 nitrogen and oxygen atoms in total. The van der Waals surface area contributed by atoms with Gasteiger partial charge in [0, 0.05) is 28.6 Å². The second-order valence-corrected chi connectivity index (χ2v) is 7.95. The van der Waals surface area contributed by atoms with E-state index in [4.69, 9.17) is 4.74 Å². The number of rotatable bonds is 4. The number of hydrogen-bond acceptors (Lipinski definition) is 2. The van der Waals surface area contributed by atoms with E-state index in [1.165, 1.54) is 5.56 Å². The van der Waals surface area contributed by atoms with Crippen LogP contribution in [0.2, 0.25) is 0 Å². The molecule has 0 bridgehead atoms.